The van der Waals surface area contributed by atoms with E-state index in [0.29, 0.717) is 6.61 Å². The largest absolute Gasteiger partial charge is 0.489 e. The molecule has 0 atom stereocenters. The normalized spacial score (nSPS) is 14.8. The summed E-state index contributed by atoms with van der Waals surface area (Å²) in [5.74, 6) is 0.873. The van der Waals surface area contributed by atoms with E-state index in [4.69, 9.17) is 4.74 Å². The van der Waals surface area contributed by atoms with Crippen LogP contribution in [-0.4, -0.2) is 11.6 Å². The Morgan fingerprint density at radius 3 is 3.50 bits per heavy atom. The van der Waals surface area contributed by atoms with Crippen LogP contribution in [-0.2, 0) is 0 Å². The van der Waals surface area contributed by atoms with Crippen LogP contribution in [0.1, 0.15) is 0 Å². The lowest BCUT2D eigenvalue weighted by molar-refractivity contribution is 0.342. The first-order valence-corrected chi connectivity index (χ1v) is 3.12. The van der Waals surface area contributed by atoms with Gasteiger partial charge in [-0.1, -0.05) is 0 Å². The standard InChI is InChI=1S/C7H7N2O/c1-2-8-5-6-7(1)10-4-3-9-6/h1-3,5,9H,4H2. The van der Waals surface area contributed by atoms with Gasteiger partial charge in [0.2, 0.25) is 0 Å². The number of ether oxygens (including phenoxy) is 1. The van der Waals surface area contributed by atoms with Crippen molar-refractivity contribution in [1.82, 2.24) is 4.98 Å². The summed E-state index contributed by atoms with van der Waals surface area (Å²) >= 11 is 0. The average Bonchev–Trinajstić information content (AvgIpc) is 2.05. The Labute approximate surface area is 59.0 Å². The van der Waals surface area contributed by atoms with Crippen molar-refractivity contribution in [2.45, 2.75) is 0 Å². The summed E-state index contributed by atoms with van der Waals surface area (Å²) in [6.45, 7) is 2.47. The third-order valence-electron chi connectivity index (χ3n) is 1.36. The molecule has 0 aliphatic carbocycles. The van der Waals surface area contributed by atoms with E-state index in [1.54, 1.807) is 12.4 Å². The van der Waals surface area contributed by atoms with Crippen LogP contribution in [0.5, 0.6) is 5.75 Å². The molecule has 1 aliphatic heterocycles. The molecule has 0 aromatic carbocycles. The second-order valence-corrected chi connectivity index (χ2v) is 2.03. The van der Waals surface area contributed by atoms with Crippen molar-refractivity contribution >= 4 is 5.69 Å². The fourth-order valence-electron chi connectivity index (χ4n) is 0.899. The fourth-order valence-corrected chi connectivity index (χ4v) is 0.899. The first-order valence-electron chi connectivity index (χ1n) is 3.12. The molecular formula is C7H7N2O. The second-order valence-electron chi connectivity index (χ2n) is 2.03. The van der Waals surface area contributed by atoms with Crippen molar-refractivity contribution in [3.8, 4) is 5.75 Å². The number of hydrogen-bond acceptors (Lipinski definition) is 3. The number of nitrogens with zero attached hydrogens (tertiary/aromatic N) is 1. The molecule has 3 heteroatoms. The molecule has 2 rings (SSSR count). The zero-order valence-corrected chi connectivity index (χ0v) is 5.37. The summed E-state index contributed by atoms with van der Waals surface area (Å²) < 4.78 is 5.27. The number of anilines is 1. The minimum Gasteiger partial charge on any atom is -0.489 e. The van der Waals surface area contributed by atoms with Crippen LogP contribution < -0.4 is 10.1 Å². The van der Waals surface area contributed by atoms with Crippen LogP contribution in [0.2, 0.25) is 0 Å². The number of fused-ring (bicyclic) bond motifs is 1. The lowest BCUT2D eigenvalue weighted by Gasteiger charge is -2.16. The van der Waals surface area contributed by atoms with Crippen LogP contribution in [0.25, 0.3) is 0 Å². The molecule has 10 heavy (non-hydrogen) atoms. The first kappa shape index (κ1) is 5.53. The van der Waals surface area contributed by atoms with E-state index in [0.717, 1.165) is 11.4 Å². The van der Waals surface area contributed by atoms with Gasteiger partial charge < -0.3 is 10.1 Å². The van der Waals surface area contributed by atoms with Crippen molar-refractivity contribution in [3.63, 3.8) is 0 Å². The summed E-state index contributed by atoms with van der Waals surface area (Å²) in [5, 5.41) is 3.05. The van der Waals surface area contributed by atoms with Gasteiger partial charge in [0.05, 0.1) is 18.4 Å². The highest BCUT2D eigenvalue weighted by atomic mass is 16.5. The second kappa shape index (κ2) is 2.17. The maximum absolute atomic E-state index is 5.27. The average molecular weight is 135 g/mol. The maximum atomic E-state index is 5.27. The zero-order chi connectivity index (χ0) is 6.81. The number of hydrogen-bond donors (Lipinski definition) is 1. The van der Waals surface area contributed by atoms with Crippen LogP contribution in [0.15, 0.2) is 18.5 Å². The zero-order valence-electron chi connectivity index (χ0n) is 5.37. The Morgan fingerprint density at radius 2 is 2.60 bits per heavy atom. The van der Waals surface area contributed by atoms with Crippen LogP contribution in [0.3, 0.4) is 0 Å². The number of aromatic nitrogens is 1. The molecule has 2 heterocycles. The van der Waals surface area contributed by atoms with Gasteiger partial charge in [0.15, 0.2) is 0 Å². The predicted octanol–water partition coefficient (Wildman–Crippen LogP) is 1.05. The molecule has 0 fully saturated rings. The van der Waals surface area contributed by atoms with Gasteiger partial charge >= 0.3 is 0 Å². The molecule has 1 radical (unpaired) electrons. The molecule has 51 valence electrons. The lowest BCUT2D eigenvalue weighted by atomic mass is 10.3. The minimum absolute atomic E-state index is 0.622. The van der Waals surface area contributed by atoms with E-state index in [2.05, 4.69) is 10.3 Å². The minimum atomic E-state index is 0.622. The summed E-state index contributed by atoms with van der Waals surface area (Å²) in [4.78, 5) is 3.94. The monoisotopic (exact) mass is 135 g/mol. The predicted molar refractivity (Wildman–Crippen MR) is 37.7 cm³/mol. The van der Waals surface area contributed by atoms with Crippen molar-refractivity contribution in [3.05, 3.63) is 25.0 Å². The highest BCUT2D eigenvalue weighted by Gasteiger charge is 2.07. The molecule has 0 amide bonds. The summed E-state index contributed by atoms with van der Waals surface area (Å²) in [6.07, 6.45) is 3.46. The van der Waals surface area contributed by atoms with Crippen molar-refractivity contribution in [2.75, 3.05) is 11.9 Å². The van der Waals surface area contributed by atoms with Crippen molar-refractivity contribution < 1.29 is 4.74 Å². The van der Waals surface area contributed by atoms with Gasteiger partial charge in [-0.25, -0.2) is 0 Å². The molecule has 1 aliphatic rings. The molecule has 1 aromatic rings. The summed E-state index contributed by atoms with van der Waals surface area (Å²) in [6, 6.07) is 1.84. The van der Waals surface area contributed by atoms with Gasteiger partial charge in [-0.2, -0.15) is 0 Å². The number of pyridine rings is 1. The molecule has 1 N–H and O–H groups in total. The molecule has 0 saturated heterocycles. The van der Waals surface area contributed by atoms with Crippen LogP contribution in [0.4, 0.5) is 5.69 Å². The smallest absolute Gasteiger partial charge is 0.145 e. The molecule has 0 spiro atoms. The molecule has 0 saturated carbocycles. The van der Waals surface area contributed by atoms with E-state index in [-0.39, 0.29) is 0 Å². The Kier molecular flexibility index (Phi) is 1.20. The van der Waals surface area contributed by atoms with Gasteiger partial charge in [0, 0.05) is 12.3 Å². The van der Waals surface area contributed by atoms with E-state index in [1.165, 1.54) is 0 Å². The quantitative estimate of drug-likeness (QED) is 0.577. The van der Waals surface area contributed by atoms with Crippen molar-refractivity contribution in [2.24, 2.45) is 0 Å². The van der Waals surface area contributed by atoms with E-state index in [1.807, 2.05) is 12.6 Å². The van der Waals surface area contributed by atoms with Gasteiger partial charge in [-0.05, 0) is 0 Å². The Balaban J connectivity index is 2.41. The third kappa shape index (κ3) is 0.795. The van der Waals surface area contributed by atoms with Crippen molar-refractivity contribution in [1.29, 1.82) is 0 Å². The van der Waals surface area contributed by atoms with E-state index < -0.39 is 0 Å². The SMILES string of the molecule is [CH]1COc2ccncc2N1. The highest BCUT2D eigenvalue weighted by molar-refractivity contribution is 5.56. The Bertz CT molecular complexity index is 212. The summed E-state index contributed by atoms with van der Waals surface area (Å²) in [5.41, 5.74) is 0.939. The third-order valence-corrected chi connectivity index (χ3v) is 1.36. The molecule has 3 nitrogen and oxygen atoms in total. The van der Waals surface area contributed by atoms with Gasteiger partial charge in [-0.15, -0.1) is 0 Å². The fraction of sp³-hybridized carbons (Fsp3) is 0.143. The van der Waals surface area contributed by atoms with Gasteiger partial charge in [0.25, 0.3) is 0 Å². The van der Waals surface area contributed by atoms with Gasteiger partial charge in [0.1, 0.15) is 12.4 Å². The summed E-state index contributed by atoms with van der Waals surface area (Å²) in [7, 11) is 0. The number of rotatable bonds is 0. The number of nitrogens with one attached hydrogen (secondary N) is 1. The van der Waals surface area contributed by atoms with Crippen LogP contribution in [0, 0.1) is 6.54 Å². The maximum Gasteiger partial charge on any atom is 0.145 e. The van der Waals surface area contributed by atoms with E-state index in [9.17, 15) is 0 Å². The van der Waals surface area contributed by atoms with E-state index >= 15 is 0 Å². The van der Waals surface area contributed by atoms with Crippen LogP contribution >= 0.6 is 0 Å². The Morgan fingerprint density at radius 1 is 1.60 bits per heavy atom. The highest BCUT2D eigenvalue weighted by Crippen LogP contribution is 2.25. The van der Waals surface area contributed by atoms with Gasteiger partial charge in [-0.3, -0.25) is 4.98 Å². The Hall–Kier alpha value is -1.25. The molecular weight excluding hydrogens is 128 g/mol. The molecule has 1 aromatic heterocycles. The first-order chi connectivity index (χ1) is 4.97. The molecule has 0 bridgehead atoms. The lowest BCUT2D eigenvalue weighted by Crippen LogP contribution is -2.12. The topological polar surface area (TPSA) is 34.1 Å². The molecule has 0 unspecified atom stereocenters.